The molecule has 1 N–H and O–H groups in total. The molecule has 1 aliphatic carbocycles. The van der Waals surface area contributed by atoms with Crippen LogP contribution in [0.5, 0.6) is 0 Å². The first-order chi connectivity index (χ1) is 17.0. The first kappa shape index (κ1) is 28.6. The molecule has 3 rings (SSSR count). The summed E-state index contributed by atoms with van der Waals surface area (Å²) in [5.41, 5.74) is 0.968. The van der Waals surface area contributed by atoms with Crippen LogP contribution in [-0.2, 0) is 26.2 Å². The Kier molecular flexibility index (Phi) is 9.92. The summed E-state index contributed by atoms with van der Waals surface area (Å²) in [4.78, 5) is 28.4. The Balaban J connectivity index is 1.93. The summed E-state index contributed by atoms with van der Waals surface area (Å²) < 4.78 is 26.3. The number of hydrogen-bond acceptors (Lipinski definition) is 4. The zero-order valence-corrected chi connectivity index (χ0v) is 23.3. The van der Waals surface area contributed by atoms with Gasteiger partial charge < -0.3 is 10.2 Å². The number of carbonyl (C=O) groups is 2. The monoisotopic (exact) mass is 573 g/mol. The first-order valence-electron chi connectivity index (χ1n) is 11.8. The summed E-state index contributed by atoms with van der Waals surface area (Å²) in [6, 6.07) is 10.4. The lowest BCUT2D eigenvalue weighted by Gasteiger charge is -2.33. The molecule has 0 radical (unpaired) electrons. The molecule has 2 aromatic rings. The first-order valence-corrected chi connectivity index (χ1v) is 14.7. The predicted octanol–water partition coefficient (Wildman–Crippen LogP) is 5.28. The van der Waals surface area contributed by atoms with Gasteiger partial charge in [-0.1, -0.05) is 60.6 Å². The normalized spacial score (nSPS) is 14.9. The highest BCUT2D eigenvalue weighted by atomic mass is 35.5. The number of nitrogens with zero attached hydrogens (tertiary/aromatic N) is 2. The Morgan fingerprint density at radius 2 is 1.67 bits per heavy atom. The molecule has 2 aromatic carbocycles. The molecule has 1 atom stereocenters. The van der Waals surface area contributed by atoms with Crippen molar-refractivity contribution < 1.29 is 18.0 Å². The summed E-state index contributed by atoms with van der Waals surface area (Å²) in [6.45, 7) is 1.40. The molecule has 0 heterocycles. The van der Waals surface area contributed by atoms with E-state index in [2.05, 4.69) is 5.32 Å². The highest BCUT2D eigenvalue weighted by Crippen LogP contribution is 2.26. The molecule has 11 heteroatoms. The van der Waals surface area contributed by atoms with Gasteiger partial charge in [0.1, 0.15) is 12.6 Å². The number of anilines is 1. The van der Waals surface area contributed by atoms with Gasteiger partial charge in [0.2, 0.25) is 21.8 Å². The molecular weight excluding hydrogens is 545 g/mol. The Bertz CT molecular complexity index is 1190. The number of benzene rings is 2. The zero-order chi connectivity index (χ0) is 26.5. The van der Waals surface area contributed by atoms with Gasteiger partial charge in [-0.25, -0.2) is 8.42 Å². The quantitative estimate of drug-likeness (QED) is 0.418. The van der Waals surface area contributed by atoms with Crippen LogP contribution in [-0.4, -0.2) is 50.0 Å². The SMILES string of the molecule is CCC(C(=O)NC1CCCC1)N(Cc1ccc(Cl)c(Cl)c1)C(=O)CN(c1ccc(Cl)cc1)S(C)(=O)=O. The van der Waals surface area contributed by atoms with Crippen LogP contribution in [0.4, 0.5) is 5.69 Å². The Labute approximate surface area is 227 Å². The topological polar surface area (TPSA) is 86.8 Å². The van der Waals surface area contributed by atoms with Gasteiger partial charge in [0, 0.05) is 17.6 Å². The second kappa shape index (κ2) is 12.5. The zero-order valence-electron chi connectivity index (χ0n) is 20.2. The van der Waals surface area contributed by atoms with Gasteiger partial charge in [-0.15, -0.1) is 0 Å². The fraction of sp³-hybridized carbons (Fsp3) is 0.440. The second-order valence-electron chi connectivity index (χ2n) is 8.93. The number of amides is 2. The van der Waals surface area contributed by atoms with E-state index in [0.717, 1.165) is 36.2 Å². The lowest BCUT2D eigenvalue weighted by molar-refractivity contribution is -0.140. The molecule has 36 heavy (non-hydrogen) atoms. The van der Waals surface area contributed by atoms with Crippen LogP contribution in [0.15, 0.2) is 42.5 Å². The van der Waals surface area contributed by atoms with Crippen molar-refractivity contribution in [2.45, 2.75) is 57.7 Å². The Morgan fingerprint density at radius 1 is 1.03 bits per heavy atom. The number of rotatable bonds is 10. The van der Waals surface area contributed by atoms with Gasteiger partial charge in [0.15, 0.2) is 0 Å². The maximum Gasteiger partial charge on any atom is 0.244 e. The molecule has 0 aromatic heterocycles. The maximum absolute atomic E-state index is 13.7. The van der Waals surface area contributed by atoms with Gasteiger partial charge in [0.05, 0.1) is 22.0 Å². The van der Waals surface area contributed by atoms with E-state index in [1.807, 2.05) is 6.92 Å². The van der Waals surface area contributed by atoms with Gasteiger partial charge in [-0.3, -0.25) is 13.9 Å². The summed E-state index contributed by atoms with van der Waals surface area (Å²) >= 11 is 18.2. The predicted molar refractivity (Wildman–Crippen MR) is 145 cm³/mol. The molecule has 0 bridgehead atoms. The van der Waals surface area contributed by atoms with Gasteiger partial charge in [-0.05, 0) is 61.2 Å². The van der Waals surface area contributed by atoms with E-state index in [4.69, 9.17) is 34.8 Å². The molecule has 2 amide bonds. The van der Waals surface area contributed by atoms with Crippen molar-refractivity contribution in [2.75, 3.05) is 17.1 Å². The van der Waals surface area contributed by atoms with Crippen LogP contribution in [0.2, 0.25) is 15.1 Å². The molecule has 0 saturated heterocycles. The van der Waals surface area contributed by atoms with Crippen LogP contribution in [0.25, 0.3) is 0 Å². The minimum absolute atomic E-state index is 0.0601. The van der Waals surface area contributed by atoms with E-state index in [1.54, 1.807) is 30.3 Å². The molecule has 7 nitrogen and oxygen atoms in total. The van der Waals surface area contributed by atoms with Crippen LogP contribution in [0.3, 0.4) is 0 Å². The van der Waals surface area contributed by atoms with Gasteiger partial charge in [-0.2, -0.15) is 0 Å². The summed E-state index contributed by atoms with van der Waals surface area (Å²) in [5, 5.41) is 4.20. The fourth-order valence-corrected chi connectivity index (χ4v) is 5.64. The number of sulfonamides is 1. The molecule has 1 fully saturated rings. The van der Waals surface area contributed by atoms with Crippen LogP contribution >= 0.6 is 34.8 Å². The van der Waals surface area contributed by atoms with Crippen molar-refractivity contribution >= 4 is 62.3 Å². The lowest BCUT2D eigenvalue weighted by Crippen LogP contribution is -2.53. The van der Waals surface area contributed by atoms with E-state index in [0.29, 0.717) is 32.7 Å². The van der Waals surface area contributed by atoms with Crippen LogP contribution < -0.4 is 9.62 Å². The molecular formula is C25H30Cl3N3O4S. The third kappa shape index (κ3) is 7.51. The molecule has 0 spiro atoms. The molecule has 0 aliphatic heterocycles. The van der Waals surface area contributed by atoms with Crippen LogP contribution in [0.1, 0.15) is 44.6 Å². The Hall–Kier alpha value is -2.00. The largest absolute Gasteiger partial charge is 0.352 e. The number of carbonyl (C=O) groups excluding carboxylic acids is 2. The van der Waals surface area contributed by atoms with Crippen molar-refractivity contribution in [2.24, 2.45) is 0 Å². The summed E-state index contributed by atoms with van der Waals surface area (Å²) in [5.74, 6) is -0.773. The Morgan fingerprint density at radius 3 is 2.22 bits per heavy atom. The number of nitrogens with one attached hydrogen (secondary N) is 1. The highest BCUT2D eigenvalue weighted by molar-refractivity contribution is 7.92. The average molecular weight is 575 g/mol. The van der Waals surface area contributed by atoms with Crippen molar-refractivity contribution in [1.82, 2.24) is 10.2 Å². The van der Waals surface area contributed by atoms with E-state index < -0.39 is 28.5 Å². The fourth-order valence-electron chi connectivity index (χ4n) is 4.34. The van der Waals surface area contributed by atoms with Crippen molar-refractivity contribution in [1.29, 1.82) is 0 Å². The van der Waals surface area contributed by atoms with Crippen LogP contribution in [0, 0.1) is 0 Å². The smallest absolute Gasteiger partial charge is 0.244 e. The summed E-state index contributed by atoms with van der Waals surface area (Å²) in [7, 11) is -3.81. The van der Waals surface area contributed by atoms with Crippen molar-refractivity contribution in [3.05, 3.63) is 63.1 Å². The van der Waals surface area contributed by atoms with E-state index in [1.165, 1.54) is 17.0 Å². The maximum atomic E-state index is 13.7. The second-order valence-corrected chi connectivity index (χ2v) is 12.1. The van der Waals surface area contributed by atoms with Gasteiger partial charge >= 0.3 is 0 Å². The minimum atomic E-state index is -3.81. The standard InChI is InChI=1S/C25H30Cl3N3O4S/c1-3-23(25(33)29-19-6-4-5-7-19)30(15-17-8-13-21(27)22(28)14-17)24(32)16-31(36(2,34)35)20-11-9-18(26)10-12-20/h8-14,19,23H,3-7,15-16H2,1-2H3,(H,29,33). The average Bonchev–Trinajstić information content (AvgIpc) is 3.32. The third-order valence-electron chi connectivity index (χ3n) is 6.22. The van der Waals surface area contributed by atoms with Crippen molar-refractivity contribution in [3.63, 3.8) is 0 Å². The van der Waals surface area contributed by atoms with Gasteiger partial charge in [0.25, 0.3) is 0 Å². The lowest BCUT2D eigenvalue weighted by atomic mass is 10.1. The van der Waals surface area contributed by atoms with E-state index in [9.17, 15) is 18.0 Å². The van der Waals surface area contributed by atoms with E-state index in [-0.39, 0.29) is 18.5 Å². The number of halogens is 3. The molecule has 1 unspecified atom stereocenters. The van der Waals surface area contributed by atoms with E-state index >= 15 is 0 Å². The van der Waals surface area contributed by atoms with Crippen molar-refractivity contribution in [3.8, 4) is 0 Å². The summed E-state index contributed by atoms with van der Waals surface area (Å²) in [6.07, 6.45) is 5.30. The molecule has 1 aliphatic rings. The number of hydrogen-bond donors (Lipinski definition) is 1. The minimum Gasteiger partial charge on any atom is -0.352 e. The molecule has 1 saturated carbocycles. The highest BCUT2D eigenvalue weighted by Gasteiger charge is 2.33. The third-order valence-corrected chi connectivity index (χ3v) is 8.35. The molecule has 196 valence electrons.